The topological polar surface area (TPSA) is 131 Å². The molecule has 0 saturated carbocycles. The Morgan fingerprint density at radius 3 is 2.56 bits per heavy atom. The highest BCUT2D eigenvalue weighted by Gasteiger charge is 2.23. The molecule has 2 unspecified atom stereocenters. The van der Waals surface area contributed by atoms with Gasteiger partial charge in [0.15, 0.2) is 0 Å². The van der Waals surface area contributed by atoms with Gasteiger partial charge < -0.3 is 15.5 Å². The number of aromatic nitrogens is 2. The molecule has 1 aromatic heterocycles. The molecule has 2 atom stereocenters. The van der Waals surface area contributed by atoms with Gasteiger partial charge in [-0.25, -0.2) is 0 Å². The molecule has 0 aliphatic heterocycles. The summed E-state index contributed by atoms with van der Waals surface area (Å²) in [4.78, 5) is 22.1. The lowest BCUT2D eigenvalue weighted by atomic mass is 10.0. The molecule has 0 spiro atoms. The fourth-order valence-corrected chi connectivity index (χ4v) is 2.37. The predicted molar refractivity (Wildman–Crippen MR) is 89.0 cm³/mol. The van der Waals surface area contributed by atoms with Gasteiger partial charge in [0, 0.05) is 18.3 Å². The molecule has 134 valence electrons. The van der Waals surface area contributed by atoms with Crippen molar-refractivity contribution >= 4 is 23.2 Å². The molecule has 1 heterocycles. The molecule has 2 aromatic rings. The first-order valence-corrected chi connectivity index (χ1v) is 7.71. The highest BCUT2D eigenvalue weighted by atomic mass is 35.5. The number of aryl methyl sites for hydroxylation is 1. The highest BCUT2D eigenvalue weighted by molar-refractivity contribution is 6.31. The molecule has 3 N–H and O–H groups in total. The predicted octanol–water partition coefficient (Wildman–Crippen LogP) is 0.964. The molecule has 10 heteroatoms. The van der Waals surface area contributed by atoms with Gasteiger partial charge in [0.2, 0.25) is 5.91 Å². The Morgan fingerprint density at radius 2 is 2.08 bits per heavy atom. The zero-order valence-corrected chi connectivity index (χ0v) is 14.1. The Labute approximate surface area is 148 Å². The van der Waals surface area contributed by atoms with E-state index < -0.39 is 29.6 Å². The fourth-order valence-electron chi connectivity index (χ4n) is 2.22. The Kier molecular flexibility index (Phi) is 6.07. The molecular weight excluding hydrogens is 352 g/mol. The first kappa shape index (κ1) is 18.8. The number of aliphatic hydroxyl groups is 2. The summed E-state index contributed by atoms with van der Waals surface area (Å²) in [6, 6.07) is 4.25. The van der Waals surface area contributed by atoms with Crippen molar-refractivity contribution in [2.24, 2.45) is 0 Å². The number of non-ortho nitro benzene ring substituents is 1. The molecule has 1 aromatic carbocycles. The van der Waals surface area contributed by atoms with Crippen LogP contribution in [-0.2, 0) is 11.3 Å². The van der Waals surface area contributed by atoms with Gasteiger partial charge in [0.05, 0.1) is 28.3 Å². The number of amides is 1. The van der Waals surface area contributed by atoms with E-state index in [4.69, 9.17) is 11.6 Å². The maximum atomic E-state index is 12.1. The summed E-state index contributed by atoms with van der Waals surface area (Å²) in [5.41, 5.74) is 0.800. The molecule has 0 bridgehead atoms. The van der Waals surface area contributed by atoms with Crippen LogP contribution in [0, 0.1) is 17.0 Å². The van der Waals surface area contributed by atoms with E-state index in [0.717, 1.165) is 0 Å². The maximum Gasteiger partial charge on any atom is 0.269 e. The van der Waals surface area contributed by atoms with E-state index in [2.05, 4.69) is 10.4 Å². The van der Waals surface area contributed by atoms with Crippen LogP contribution in [0.4, 0.5) is 5.69 Å². The number of nitrogens with one attached hydrogen (secondary N) is 1. The Morgan fingerprint density at radius 1 is 1.44 bits per heavy atom. The molecule has 25 heavy (non-hydrogen) atoms. The number of carbonyl (C=O) groups excluding carboxylic acids is 1. The number of hydrogen-bond acceptors (Lipinski definition) is 6. The third kappa shape index (κ3) is 4.75. The molecular formula is C15H17ClN4O5. The Balaban J connectivity index is 2.02. The SMILES string of the molecule is Cc1nn(CC(=O)NC(CO)C(O)c2ccc([N+](=O)[O-])cc2)cc1Cl. The summed E-state index contributed by atoms with van der Waals surface area (Å²) < 4.78 is 1.35. The molecule has 2 rings (SSSR count). The van der Waals surface area contributed by atoms with Crippen molar-refractivity contribution in [3.05, 3.63) is 56.9 Å². The first-order valence-electron chi connectivity index (χ1n) is 7.34. The number of rotatable bonds is 7. The summed E-state index contributed by atoms with van der Waals surface area (Å²) >= 11 is 5.87. The quantitative estimate of drug-likeness (QED) is 0.493. The zero-order chi connectivity index (χ0) is 18.6. The Hall–Kier alpha value is -2.49. The van der Waals surface area contributed by atoms with E-state index in [1.165, 1.54) is 35.1 Å². The van der Waals surface area contributed by atoms with Gasteiger partial charge in [0.1, 0.15) is 12.6 Å². The van der Waals surface area contributed by atoms with Crippen LogP contribution < -0.4 is 5.32 Å². The lowest BCUT2D eigenvalue weighted by Gasteiger charge is -2.22. The average Bonchev–Trinajstić information content (AvgIpc) is 2.89. The van der Waals surface area contributed by atoms with Gasteiger partial charge >= 0.3 is 0 Å². The summed E-state index contributed by atoms with van der Waals surface area (Å²) in [5, 5.41) is 37.3. The van der Waals surface area contributed by atoms with E-state index in [0.29, 0.717) is 16.3 Å². The number of nitrogens with zero attached hydrogens (tertiary/aromatic N) is 3. The number of carbonyl (C=O) groups is 1. The summed E-state index contributed by atoms with van der Waals surface area (Å²) in [6.07, 6.45) is 0.273. The lowest BCUT2D eigenvalue weighted by Crippen LogP contribution is -2.43. The molecule has 9 nitrogen and oxygen atoms in total. The number of nitro benzene ring substituents is 1. The van der Waals surface area contributed by atoms with Gasteiger partial charge in [-0.05, 0) is 24.6 Å². The van der Waals surface area contributed by atoms with Crippen LogP contribution in [0.5, 0.6) is 0 Å². The largest absolute Gasteiger partial charge is 0.394 e. The van der Waals surface area contributed by atoms with Crippen LogP contribution in [0.1, 0.15) is 17.4 Å². The highest BCUT2D eigenvalue weighted by Crippen LogP contribution is 2.20. The molecule has 0 saturated heterocycles. The minimum atomic E-state index is -1.22. The van der Waals surface area contributed by atoms with E-state index in [9.17, 15) is 25.1 Å². The third-order valence-electron chi connectivity index (χ3n) is 3.56. The maximum absolute atomic E-state index is 12.1. The number of nitro groups is 1. The second kappa shape index (κ2) is 8.06. The van der Waals surface area contributed by atoms with E-state index >= 15 is 0 Å². The van der Waals surface area contributed by atoms with Gasteiger partial charge in [0.25, 0.3) is 5.69 Å². The first-order chi connectivity index (χ1) is 11.8. The van der Waals surface area contributed by atoms with Crippen molar-refractivity contribution in [3.63, 3.8) is 0 Å². The number of benzene rings is 1. The Bertz CT molecular complexity index is 742. The van der Waals surface area contributed by atoms with Gasteiger partial charge in [-0.1, -0.05) is 11.6 Å². The van der Waals surface area contributed by atoms with Crippen molar-refractivity contribution in [3.8, 4) is 0 Å². The van der Waals surface area contributed by atoms with E-state index in [1.807, 2.05) is 0 Å². The van der Waals surface area contributed by atoms with Gasteiger partial charge in [-0.15, -0.1) is 0 Å². The van der Waals surface area contributed by atoms with Crippen LogP contribution in [0.15, 0.2) is 30.5 Å². The van der Waals surface area contributed by atoms with Crippen LogP contribution in [-0.4, -0.2) is 43.5 Å². The summed E-state index contributed by atoms with van der Waals surface area (Å²) in [7, 11) is 0. The van der Waals surface area contributed by atoms with E-state index in [1.54, 1.807) is 6.92 Å². The molecule has 0 radical (unpaired) electrons. The van der Waals surface area contributed by atoms with Crippen LogP contribution >= 0.6 is 11.6 Å². The lowest BCUT2D eigenvalue weighted by molar-refractivity contribution is -0.384. The third-order valence-corrected chi connectivity index (χ3v) is 3.93. The molecule has 0 fully saturated rings. The standard InChI is InChI=1S/C15H17ClN4O5/c1-9-12(16)6-19(18-9)7-14(22)17-13(8-21)15(23)10-2-4-11(5-3-10)20(24)25/h2-6,13,15,21,23H,7-8H2,1H3,(H,17,22). The minimum absolute atomic E-state index is 0.119. The summed E-state index contributed by atoms with van der Waals surface area (Å²) in [5.74, 6) is -0.473. The average molecular weight is 369 g/mol. The van der Waals surface area contributed by atoms with Crippen molar-refractivity contribution in [1.82, 2.24) is 15.1 Å². The van der Waals surface area contributed by atoms with Gasteiger partial charge in [-0.2, -0.15) is 5.10 Å². The minimum Gasteiger partial charge on any atom is -0.394 e. The molecule has 0 aliphatic rings. The second-order valence-corrected chi connectivity index (χ2v) is 5.82. The van der Waals surface area contributed by atoms with Crippen molar-refractivity contribution in [2.75, 3.05) is 6.61 Å². The number of aliphatic hydroxyl groups excluding tert-OH is 2. The molecule has 0 aliphatic carbocycles. The van der Waals surface area contributed by atoms with Crippen LogP contribution in [0.2, 0.25) is 5.02 Å². The second-order valence-electron chi connectivity index (χ2n) is 5.41. The van der Waals surface area contributed by atoms with Crippen LogP contribution in [0.25, 0.3) is 0 Å². The molecule has 1 amide bonds. The van der Waals surface area contributed by atoms with Gasteiger partial charge in [-0.3, -0.25) is 19.6 Å². The van der Waals surface area contributed by atoms with Crippen molar-refractivity contribution in [1.29, 1.82) is 0 Å². The zero-order valence-electron chi connectivity index (χ0n) is 13.3. The number of halogens is 1. The number of hydrogen-bond donors (Lipinski definition) is 3. The van der Waals surface area contributed by atoms with E-state index in [-0.39, 0.29) is 12.2 Å². The monoisotopic (exact) mass is 368 g/mol. The summed E-state index contributed by atoms with van der Waals surface area (Å²) in [6.45, 7) is 1.06. The normalized spacial score (nSPS) is 13.3. The fraction of sp³-hybridized carbons (Fsp3) is 0.333. The van der Waals surface area contributed by atoms with Crippen LogP contribution in [0.3, 0.4) is 0 Å². The van der Waals surface area contributed by atoms with Crippen molar-refractivity contribution < 1.29 is 19.9 Å². The smallest absolute Gasteiger partial charge is 0.269 e. The van der Waals surface area contributed by atoms with Crippen molar-refractivity contribution in [2.45, 2.75) is 25.6 Å².